The molecule has 1 fully saturated rings. The van der Waals surface area contributed by atoms with Crippen LogP contribution in [-0.2, 0) is 14.3 Å². The number of carbonyl (C=O) groups is 1. The van der Waals surface area contributed by atoms with Crippen LogP contribution in [0.2, 0.25) is 0 Å². The minimum absolute atomic E-state index is 0.0680. The van der Waals surface area contributed by atoms with Gasteiger partial charge in [-0.25, -0.2) is 4.79 Å². The molecule has 0 radical (unpaired) electrons. The molecule has 2 unspecified atom stereocenters. The minimum Gasteiger partial charge on any atom is -0.460 e. The molecule has 0 saturated carbocycles. The molecular weight excluding hydrogens is 156 g/mol. The number of esters is 1. The van der Waals surface area contributed by atoms with Gasteiger partial charge in [-0.05, 0) is 13.3 Å². The Morgan fingerprint density at radius 1 is 1.83 bits per heavy atom. The molecule has 3 nitrogen and oxygen atoms in total. The quantitative estimate of drug-likeness (QED) is 0.362. The number of epoxide rings is 1. The predicted molar refractivity (Wildman–Crippen MR) is 44.7 cm³/mol. The summed E-state index contributed by atoms with van der Waals surface area (Å²) in [5.41, 5.74) is -0.0680. The van der Waals surface area contributed by atoms with E-state index in [0.29, 0.717) is 6.61 Å². The van der Waals surface area contributed by atoms with Gasteiger partial charge in [0.25, 0.3) is 0 Å². The molecule has 0 bridgehead atoms. The molecule has 0 aromatic heterocycles. The van der Waals surface area contributed by atoms with Gasteiger partial charge in [-0.1, -0.05) is 13.5 Å². The van der Waals surface area contributed by atoms with Crippen LogP contribution in [0.25, 0.3) is 0 Å². The van der Waals surface area contributed by atoms with Gasteiger partial charge >= 0.3 is 5.97 Å². The van der Waals surface area contributed by atoms with Crippen molar-refractivity contribution in [1.82, 2.24) is 0 Å². The van der Waals surface area contributed by atoms with Gasteiger partial charge in [-0.15, -0.1) is 0 Å². The summed E-state index contributed by atoms with van der Waals surface area (Å²) in [5, 5.41) is 0. The first kappa shape index (κ1) is 9.26. The Balaban J connectivity index is 2.20. The van der Waals surface area contributed by atoms with Crippen LogP contribution in [0.3, 0.4) is 0 Å². The van der Waals surface area contributed by atoms with E-state index in [1.807, 2.05) is 6.92 Å². The van der Waals surface area contributed by atoms with Gasteiger partial charge in [0.15, 0.2) is 0 Å². The molecule has 1 heterocycles. The zero-order chi connectivity index (χ0) is 9.19. The topological polar surface area (TPSA) is 38.8 Å². The first-order valence-electron chi connectivity index (χ1n) is 4.09. The van der Waals surface area contributed by atoms with Crippen molar-refractivity contribution in [1.29, 1.82) is 0 Å². The third kappa shape index (κ3) is 1.85. The summed E-state index contributed by atoms with van der Waals surface area (Å²) in [6.45, 7) is 7.71. The van der Waals surface area contributed by atoms with E-state index in [9.17, 15) is 4.79 Å². The summed E-state index contributed by atoms with van der Waals surface area (Å²) in [4.78, 5) is 10.6. The number of hydrogen-bond donors (Lipinski definition) is 0. The molecule has 0 amide bonds. The largest absolute Gasteiger partial charge is 0.460 e. The van der Waals surface area contributed by atoms with Gasteiger partial charge < -0.3 is 9.47 Å². The molecule has 0 aromatic carbocycles. The molecule has 0 spiro atoms. The predicted octanol–water partition coefficient (Wildman–Crippen LogP) is 1.28. The second-order valence-electron chi connectivity index (χ2n) is 3.11. The van der Waals surface area contributed by atoms with Crippen molar-refractivity contribution >= 4 is 5.97 Å². The first-order chi connectivity index (χ1) is 5.62. The summed E-state index contributed by atoms with van der Waals surface area (Å²) >= 11 is 0. The number of carbonyl (C=O) groups excluding carboxylic acids is 1. The lowest BCUT2D eigenvalue weighted by molar-refractivity contribution is -0.138. The molecule has 1 aliphatic rings. The normalized spacial score (nSPS) is 32.7. The molecular formula is C9H14O3. The van der Waals surface area contributed by atoms with Crippen LogP contribution in [0.5, 0.6) is 0 Å². The average molecular weight is 170 g/mol. The smallest absolute Gasteiger partial charge is 0.330 e. The fourth-order valence-electron chi connectivity index (χ4n) is 1.03. The fraction of sp³-hybridized carbons (Fsp3) is 0.667. The molecule has 2 atom stereocenters. The maximum absolute atomic E-state index is 10.6. The zero-order valence-corrected chi connectivity index (χ0v) is 7.50. The third-order valence-electron chi connectivity index (χ3n) is 2.28. The van der Waals surface area contributed by atoms with Crippen LogP contribution in [0.4, 0.5) is 0 Å². The molecule has 12 heavy (non-hydrogen) atoms. The Bertz CT molecular complexity index is 200. The highest BCUT2D eigenvalue weighted by Crippen LogP contribution is 2.38. The molecule has 0 aliphatic carbocycles. The van der Waals surface area contributed by atoms with Gasteiger partial charge in [0, 0.05) is 6.08 Å². The van der Waals surface area contributed by atoms with Crippen molar-refractivity contribution < 1.29 is 14.3 Å². The Morgan fingerprint density at radius 3 is 2.92 bits per heavy atom. The van der Waals surface area contributed by atoms with Gasteiger partial charge in [0.05, 0.1) is 5.60 Å². The lowest BCUT2D eigenvalue weighted by Gasteiger charge is -2.01. The van der Waals surface area contributed by atoms with Crippen LogP contribution < -0.4 is 0 Å². The van der Waals surface area contributed by atoms with E-state index >= 15 is 0 Å². The second-order valence-corrected chi connectivity index (χ2v) is 3.11. The number of hydrogen-bond acceptors (Lipinski definition) is 3. The Morgan fingerprint density at radius 2 is 2.50 bits per heavy atom. The Kier molecular flexibility index (Phi) is 2.52. The van der Waals surface area contributed by atoms with Gasteiger partial charge in [-0.3, -0.25) is 0 Å². The van der Waals surface area contributed by atoms with Crippen LogP contribution in [-0.4, -0.2) is 24.3 Å². The molecule has 0 aromatic rings. The van der Waals surface area contributed by atoms with E-state index in [4.69, 9.17) is 9.47 Å². The van der Waals surface area contributed by atoms with E-state index < -0.39 is 0 Å². The highest BCUT2D eigenvalue weighted by Gasteiger charge is 2.51. The standard InChI is InChI=1S/C9H14O3/c1-4-8(10)11-6-7-9(3,5-2)12-7/h4,7H,1,5-6H2,2-3H3. The zero-order valence-electron chi connectivity index (χ0n) is 7.50. The van der Waals surface area contributed by atoms with E-state index in [0.717, 1.165) is 12.5 Å². The van der Waals surface area contributed by atoms with E-state index in [1.54, 1.807) is 0 Å². The van der Waals surface area contributed by atoms with Crippen molar-refractivity contribution in [3.63, 3.8) is 0 Å². The summed E-state index contributed by atoms with van der Waals surface area (Å²) in [6, 6.07) is 0. The molecule has 3 heteroatoms. The highest BCUT2D eigenvalue weighted by atomic mass is 16.6. The van der Waals surface area contributed by atoms with E-state index in [-0.39, 0.29) is 17.7 Å². The second kappa shape index (κ2) is 3.27. The molecule has 1 rings (SSSR count). The Hall–Kier alpha value is -0.830. The van der Waals surface area contributed by atoms with Crippen LogP contribution in [0, 0.1) is 0 Å². The maximum Gasteiger partial charge on any atom is 0.330 e. The summed E-state index contributed by atoms with van der Waals surface area (Å²) < 4.78 is 10.2. The van der Waals surface area contributed by atoms with Crippen LogP contribution in [0.1, 0.15) is 20.3 Å². The van der Waals surface area contributed by atoms with Crippen molar-refractivity contribution in [2.45, 2.75) is 32.0 Å². The van der Waals surface area contributed by atoms with Crippen LogP contribution in [0.15, 0.2) is 12.7 Å². The van der Waals surface area contributed by atoms with Gasteiger partial charge in [-0.2, -0.15) is 0 Å². The van der Waals surface area contributed by atoms with E-state index in [2.05, 4.69) is 13.5 Å². The summed E-state index contributed by atoms with van der Waals surface area (Å²) in [6.07, 6.45) is 2.18. The highest BCUT2D eigenvalue weighted by molar-refractivity contribution is 5.81. The fourth-order valence-corrected chi connectivity index (χ4v) is 1.03. The lowest BCUT2D eigenvalue weighted by Crippen LogP contribution is -2.14. The van der Waals surface area contributed by atoms with Crippen molar-refractivity contribution in [3.8, 4) is 0 Å². The van der Waals surface area contributed by atoms with Gasteiger partial charge in [0.2, 0.25) is 0 Å². The van der Waals surface area contributed by atoms with Crippen molar-refractivity contribution in [2.24, 2.45) is 0 Å². The summed E-state index contributed by atoms with van der Waals surface area (Å²) in [7, 11) is 0. The minimum atomic E-state index is -0.385. The average Bonchev–Trinajstić information content (AvgIpc) is 2.74. The third-order valence-corrected chi connectivity index (χ3v) is 2.28. The van der Waals surface area contributed by atoms with Crippen molar-refractivity contribution in [3.05, 3.63) is 12.7 Å². The Labute approximate surface area is 72.4 Å². The molecule has 1 aliphatic heterocycles. The molecule has 0 N–H and O–H groups in total. The lowest BCUT2D eigenvalue weighted by atomic mass is 10.1. The molecule has 68 valence electrons. The van der Waals surface area contributed by atoms with Crippen LogP contribution >= 0.6 is 0 Å². The monoisotopic (exact) mass is 170 g/mol. The summed E-state index contributed by atoms with van der Waals surface area (Å²) in [5.74, 6) is -0.385. The SMILES string of the molecule is C=CC(=O)OCC1OC1(C)CC. The van der Waals surface area contributed by atoms with Crippen molar-refractivity contribution in [2.75, 3.05) is 6.61 Å². The van der Waals surface area contributed by atoms with E-state index in [1.165, 1.54) is 0 Å². The number of rotatable bonds is 4. The maximum atomic E-state index is 10.6. The first-order valence-corrected chi connectivity index (χ1v) is 4.09. The number of ether oxygens (including phenoxy) is 2. The molecule has 1 saturated heterocycles. The van der Waals surface area contributed by atoms with Gasteiger partial charge in [0.1, 0.15) is 12.7 Å².